The van der Waals surface area contributed by atoms with Crippen molar-refractivity contribution < 1.29 is 13.7 Å². The predicted octanol–water partition coefficient (Wildman–Crippen LogP) is 2.96. The fourth-order valence-corrected chi connectivity index (χ4v) is 7.35. The number of nitrogens with zero attached hydrogens (tertiary/aromatic N) is 3. The van der Waals surface area contributed by atoms with Crippen molar-refractivity contribution in [3.05, 3.63) is 0 Å². The van der Waals surface area contributed by atoms with Crippen molar-refractivity contribution in [3.63, 3.8) is 0 Å². The highest BCUT2D eigenvalue weighted by Gasteiger charge is 2.34. The molecule has 6 nitrogen and oxygen atoms in total. The van der Waals surface area contributed by atoms with E-state index in [0.29, 0.717) is 37.0 Å². The SMILES string of the molecule is CCP(=O)(CC)c1nc(P(=O)(CC)CC)nc(P(=O)(CC)CC)n1. The molecule has 0 bridgehead atoms. The largest absolute Gasteiger partial charge is 0.315 e. The van der Waals surface area contributed by atoms with Crippen LogP contribution in [0, 0.1) is 0 Å². The van der Waals surface area contributed by atoms with Crippen LogP contribution in [0.5, 0.6) is 0 Å². The van der Waals surface area contributed by atoms with Crippen molar-refractivity contribution in [3.8, 4) is 0 Å². The number of rotatable bonds is 9. The van der Waals surface area contributed by atoms with Gasteiger partial charge >= 0.3 is 0 Å². The minimum Gasteiger partial charge on any atom is -0.315 e. The van der Waals surface area contributed by atoms with Gasteiger partial charge in [0.25, 0.3) is 0 Å². The van der Waals surface area contributed by atoms with E-state index in [1.807, 2.05) is 41.5 Å². The fraction of sp³-hybridized carbons (Fsp3) is 0.800. The molecule has 0 aliphatic rings. The maximum Gasteiger partial charge on any atom is 0.193 e. The van der Waals surface area contributed by atoms with Gasteiger partial charge in [0.1, 0.15) is 0 Å². The fourth-order valence-electron chi connectivity index (χ4n) is 2.41. The summed E-state index contributed by atoms with van der Waals surface area (Å²) in [7, 11) is -8.32. The zero-order chi connectivity index (χ0) is 18.6. The number of hydrogen-bond acceptors (Lipinski definition) is 6. The Balaban J connectivity index is 3.79. The third-order valence-corrected chi connectivity index (χ3v) is 13.7. The normalized spacial score (nSPS) is 13.2. The highest BCUT2D eigenvalue weighted by molar-refractivity contribution is 7.73. The summed E-state index contributed by atoms with van der Waals surface area (Å²) in [4.78, 5) is 13.1. The molecule has 0 amide bonds. The summed E-state index contributed by atoms with van der Waals surface area (Å²) in [5.41, 5.74) is 0.616. The lowest BCUT2D eigenvalue weighted by Gasteiger charge is -2.20. The van der Waals surface area contributed by atoms with Gasteiger partial charge in [-0.3, -0.25) is 0 Å². The third kappa shape index (κ3) is 4.09. The maximum absolute atomic E-state index is 13.1. The molecule has 0 atom stereocenters. The maximum atomic E-state index is 13.1. The first-order valence-corrected chi connectivity index (χ1v) is 14.9. The first-order valence-electron chi connectivity index (χ1n) is 8.70. The van der Waals surface area contributed by atoms with Gasteiger partial charge in [-0.05, 0) is 0 Å². The molecule has 0 spiro atoms. The predicted molar refractivity (Wildman–Crippen MR) is 105 cm³/mol. The van der Waals surface area contributed by atoms with Crippen molar-refractivity contribution in [2.45, 2.75) is 41.5 Å². The van der Waals surface area contributed by atoms with E-state index in [9.17, 15) is 13.7 Å². The van der Waals surface area contributed by atoms with Gasteiger partial charge in [-0.1, -0.05) is 41.5 Å². The molecule has 9 heteroatoms. The molecular formula is C15H30N3O3P3. The molecule has 24 heavy (non-hydrogen) atoms. The van der Waals surface area contributed by atoms with E-state index in [1.54, 1.807) is 0 Å². The van der Waals surface area contributed by atoms with E-state index in [2.05, 4.69) is 15.0 Å². The Bertz CT molecular complexity index is 590. The molecule has 0 saturated carbocycles. The summed E-state index contributed by atoms with van der Waals surface area (Å²) < 4.78 is 39.4. The van der Waals surface area contributed by atoms with Gasteiger partial charge in [-0.25, -0.2) is 15.0 Å². The molecule has 1 heterocycles. The van der Waals surface area contributed by atoms with Crippen LogP contribution < -0.4 is 16.7 Å². The van der Waals surface area contributed by atoms with Gasteiger partial charge in [0.2, 0.25) is 0 Å². The van der Waals surface area contributed by atoms with Crippen LogP contribution in [0.4, 0.5) is 0 Å². The van der Waals surface area contributed by atoms with Gasteiger partial charge in [0.15, 0.2) is 38.1 Å². The van der Waals surface area contributed by atoms with Crippen LogP contribution in [0.25, 0.3) is 0 Å². The average molecular weight is 393 g/mol. The first kappa shape index (κ1) is 21.7. The van der Waals surface area contributed by atoms with Crippen LogP contribution >= 0.6 is 21.4 Å². The van der Waals surface area contributed by atoms with E-state index >= 15 is 0 Å². The van der Waals surface area contributed by atoms with Crippen LogP contribution in [-0.2, 0) is 13.7 Å². The molecule has 0 saturated heterocycles. The highest BCUT2D eigenvalue weighted by atomic mass is 31.2. The minimum atomic E-state index is -2.77. The van der Waals surface area contributed by atoms with Crippen LogP contribution in [0.1, 0.15) is 41.5 Å². The Morgan fingerprint density at radius 2 is 0.667 bits per heavy atom. The van der Waals surface area contributed by atoms with E-state index < -0.39 is 21.4 Å². The Kier molecular flexibility index (Phi) is 7.60. The van der Waals surface area contributed by atoms with E-state index in [1.165, 1.54) is 0 Å². The molecule has 0 aliphatic carbocycles. The van der Waals surface area contributed by atoms with E-state index in [0.717, 1.165) is 0 Å². The second-order valence-electron chi connectivity index (χ2n) is 5.80. The topological polar surface area (TPSA) is 89.9 Å². The first-order chi connectivity index (χ1) is 11.2. The number of aromatic nitrogens is 3. The van der Waals surface area contributed by atoms with Gasteiger partial charge in [0.05, 0.1) is 0 Å². The second-order valence-corrected chi connectivity index (χ2v) is 16.1. The van der Waals surface area contributed by atoms with Crippen LogP contribution in [-0.4, -0.2) is 51.9 Å². The molecule has 1 aromatic heterocycles. The lowest BCUT2D eigenvalue weighted by Crippen LogP contribution is -2.37. The molecule has 0 N–H and O–H groups in total. The minimum absolute atomic E-state index is 0.205. The Labute approximate surface area is 145 Å². The smallest absolute Gasteiger partial charge is 0.193 e. The summed E-state index contributed by atoms with van der Waals surface area (Å²) in [5.74, 6) is 0. The number of hydrogen-bond donors (Lipinski definition) is 0. The molecule has 0 radical (unpaired) electrons. The summed E-state index contributed by atoms with van der Waals surface area (Å²) >= 11 is 0. The second kappa shape index (κ2) is 8.39. The summed E-state index contributed by atoms with van der Waals surface area (Å²) in [6, 6.07) is 0. The Morgan fingerprint density at radius 1 is 0.500 bits per heavy atom. The summed E-state index contributed by atoms with van der Waals surface area (Å²) in [6.45, 7) is 11.0. The highest BCUT2D eigenvalue weighted by Crippen LogP contribution is 2.46. The van der Waals surface area contributed by atoms with Crippen LogP contribution in [0.3, 0.4) is 0 Å². The van der Waals surface area contributed by atoms with Crippen LogP contribution in [0.15, 0.2) is 0 Å². The van der Waals surface area contributed by atoms with E-state index in [-0.39, 0.29) is 16.7 Å². The van der Waals surface area contributed by atoms with Crippen molar-refractivity contribution >= 4 is 38.1 Å². The monoisotopic (exact) mass is 393 g/mol. The van der Waals surface area contributed by atoms with Crippen molar-refractivity contribution in [2.24, 2.45) is 0 Å². The zero-order valence-electron chi connectivity index (χ0n) is 15.7. The zero-order valence-corrected chi connectivity index (χ0v) is 18.3. The Hall–Kier alpha value is -0.300. The van der Waals surface area contributed by atoms with Crippen molar-refractivity contribution in [1.29, 1.82) is 0 Å². The molecule has 1 rings (SSSR count). The standard InChI is InChI=1S/C15H30N3O3P3/c1-7-22(19,8-2)13-16-14(23(20,9-3)10-4)18-15(17-13)24(21,11-5)12-6/h7-12H2,1-6H3. The Morgan fingerprint density at radius 3 is 0.792 bits per heavy atom. The summed E-state index contributed by atoms with van der Waals surface area (Å²) in [6.07, 6.45) is 2.57. The lowest BCUT2D eigenvalue weighted by atomic mass is 10.9. The molecule has 1 aromatic rings. The van der Waals surface area contributed by atoms with Gasteiger partial charge < -0.3 is 13.7 Å². The quantitative estimate of drug-likeness (QED) is 0.599. The molecule has 0 aromatic carbocycles. The molecule has 0 fully saturated rings. The molecule has 0 unspecified atom stereocenters. The van der Waals surface area contributed by atoms with Gasteiger partial charge in [-0.15, -0.1) is 0 Å². The van der Waals surface area contributed by atoms with Gasteiger partial charge in [-0.2, -0.15) is 0 Å². The molecule has 0 aliphatic heterocycles. The van der Waals surface area contributed by atoms with Crippen molar-refractivity contribution in [2.75, 3.05) is 37.0 Å². The van der Waals surface area contributed by atoms with Gasteiger partial charge in [0, 0.05) is 37.0 Å². The molecule has 138 valence electrons. The average Bonchev–Trinajstić information content (AvgIpc) is 2.65. The summed E-state index contributed by atoms with van der Waals surface area (Å²) in [5, 5.41) is 0. The van der Waals surface area contributed by atoms with Crippen LogP contribution in [0.2, 0.25) is 0 Å². The molecular weight excluding hydrogens is 363 g/mol. The third-order valence-electron chi connectivity index (χ3n) is 4.76. The van der Waals surface area contributed by atoms with E-state index in [4.69, 9.17) is 0 Å². The van der Waals surface area contributed by atoms with Crippen molar-refractivity contribution in [1.82, 2.24) is 15.0 Å². The lowest BCUT2D eigenvalue weighted by molar-refractivity contribution is 0.579.